The lowest BCUT2D eigenvalue weighted by molar-refractivity contribution is 0.268. The zero-order chi connectivity index (χ0) is 11.4. The standard InChI is InChI=1S/C13H17FN2/c1-11(10-16-8-6-15-7-9-16)12-2-4-13(14)5-3-12/h2-5,15H,1,6-10H2. The second-order valence-corrected chi connectivity index (χ2v) is 4.14. The molecule has 2 nitrogen and oxygen atoms in total. The first-order valence-electron chi connectivity index (χ1n) is 5.62. The third kappa shape index (κ3) is 2.90. The first kappa shape index (κ1) is 11.3. The summed E-state index contributed by atoms with van der Waals surface area (Å²) in [6, 6.07) is 6.55. The molecule has 1 fully saturated rings. The Bertz CT molecular complexity index is 353. The molecule has 0 saturated carbocycles. The predicted octanol–water partition coefficient (Wildman–Crippen LogP) is 1.74. The van der Waals surface area contributed by atoms with Crippen molar-refractivity contribution < 1.29 is 4.39 Å². The molecule has 16 heavy (non-hydrogen) atoms. The average Bonchev–Trinajstić information content (AvgIpc) is 2.31. The zero-order valence-corrected chi connectivity index (χ0v) is 9.38. The van der Waals surface area contributed by atoms with Gasteiger partial charge in [-0.2, -0.15) is 0 Å². The van der Waals surface area contributed by atoms with Gasteiger partial charge in [0.05, 0.1) is 0 Å². The second kappa shape index (κ2) is 5.23. The van der Waals surface area contributed by atoms with Crippen molar-refractivity contribution in [3.05, 3.63) is 42.2 Å². The lowest BCUT2D eigenvalue weighted by atomic mass is 10.1. The van der Waals surface area contributed by atoms with Crippen LogP contribution in [-0.2, 0) is 0 Å². The molecule has 0 amide bonds. The molecule has 1 aliphatic rings. The van der Waals surface area contributed by atoms with Crippen molar-refractivity contribution in [3.63, 3.8) is 0 Å². The Morgan fingerprint density at radius 1 is 1.25 bits per heavy atom. The van der Waals surface area contributed by atoms with Crippen molar-refractivity contribution in [1.82, 2.24) is 10.2 Å². The van der Waals surface area contributed by atoms with Gasteiger partial charge in [-0.15, -0.1) is 0 Å². The molecule has 1 aromatic rings. The van der Waals surface area contributed by atoms with E-state index in [1.54, 1.807) is 12.1 Å². The van der Waals surface area contributed by atoms with Crippen LogP contribution < -0.4 is 5.32 Å². The van der Waals surface area contributed by atoms with Crippen LogP contribution in [0.5, 0.6) is 0 Å². The highest BCUT2D eigenvalue weighted by molar-refractivity contribution is 5.64. The van der Waals surface area contributed by atoms with Gasteiger partial charge < -0.3 is 5.32 Å². The van der Waals surface area contributed by atoms with E-state index in [0.717, 1.165) is 43.9 Å². The summed E-state index contributed by atoms with van der Waals surface area (Å²) in [7, 11) is 0. The van der Waals surface area contributed by atoms with Gasteiger partial charge in [0.15, 0.2) is 0 Å². The van der Waals surface area contributed by atoms with Crippen molar-refractivity contribution in [3.8, 4) is 0 Å². The van der Waals surface area contributed by atoms with Crippen LogP contribution in [0.1, 0.15) is 5.56 Å². The minimum atomic E-state index is -0.196. The summed E-state index contributed by atoms with van der Waals surface area (Å²) in [4.78, 5) is 2.36. The lowest BCUT2D eigenvalue weighted by Crippen LogP contribution is -2.43. The van der Waals surface area contributed by atoms with E-state index in [1.807, 2.05) is 0 Å². The van der Waals surface area contributed by atoms with Crippen molar-refractivity contribution in [2.24, 2.45) is 0 Å². The van der Waals surface area contributed by atoms with E-state index in [0.29, 0.717) is 0 Å². The summed E-state index contributed by atoms with van der Waals surface area (Å²) in [6.45, 7) is 9.12. The highest BCUT2D eigenvalue weighted by Gasteiger charge is 2.11. The molecule has 1 aliphatic heterocycles. The number of hydrogen-bond acceptors (Lipinski definition) is 2. The average molecular weight is 220 g/mol. The number of nitrogens with one attached hydrogen (secondary N) is 1. The third-order valence-corrected chi connectivity index (χ3v) is 2.88. The van der Waals surface area contributed by atoms with E-state index in [-0.39, 0.29) is 5.82 Å². The van der Waals surface area contributed by atoms with Gasteiger partial charge in [-0.25, -0.2) is 4.39 Å². The van der Waals surface area contributed by atoms with Crippen molar-refractivity contribution in [1.29, 1.82) is 0 Å². The highest BCUT2D eigenvalue weighted by atomic mass is 19.1. The van der Waals surface area contributed by atoms with Crippen molar-refractivity contribution in [2.75, 3.05) is 32.7 Å². The minimum Gasteiger partial charge on any atom is -0.314 e. The molecule has 3 heteroatoms. The lowest BCUT2D eigenvalue weighted by Gasteiger charge is -2.27. The molecule has 0 bridgehead atoms. The fourth-order valence-electron chi connectivity index (χ4n) is 1.92. The van der Waals surface area contributed by atoms with Gasteiger partial charge >= 0.3 is 0 Å². The first-order valence-corrected chi connectivity index (χ1v) is 5.62. The van der Waals surface area contributed by atoms with E-state index >= 15 is 0 Å². The monoisotopic (exact) mass is 220 g/mol. The number of hydrogen-bond donors (Lipinski definition) is 1. The van der Waals surface area contributed by atoms with Crippen LogP contribution in [0.15, 0.2) is 30.8 Å². The molecular weight excluding hydrogens is 203 g/mol. The number of benzene rings is 1. The Kier molecular flexibility index (Phi) is 3.70. The Morgan fingerprint density at radius 2 is 1.88 bits per heavy atom. The summed E-state index contributed by atoms with van der Waals surface area (Å²) in [6.07, 6.45) is 0. The predicted molar refractivity (Wildman–Crippen MR) is 64.7 cm³/mol. The Labute approximate surface area is 95.8 Å². The number of halogens is 1. The van der Waals surface area contributed by atoms with Gasteiger partial charge in [-0.3, -0.25) is 4.90 Å². The topological polar surface area (TPSA) is 15.3 Å². The first-order chi connectivity index (χ1) is 7.75. The van der Waals surface area contributed by atoms with Gasteiger partial charge in [0.1, 0.15) is 5.82 Å². The minimum absolute atomic E-state index is 0.196. The van der Waals surface area contributed by atoms with E-state index < -0.39 is 0 Å². The van der Waals surface area contributed by atoms with Gasteiger partial charge in [0.25, 0.3) is 0 Å². The molecule has 1 aromatic carbocycles. The number of piperazine rings is 1. The van der Waals surface area contributed by atoms with E-state index in [2.05, 4.69) is 16.8 Å². The number of rotatable bonds is 3. The van der Waals surface area contributed by atoms with E-state index in [9.17, 15) is 4.39 Å². The summed E-state index contributed by atoms with van der Waals surface area (Å²) in [5, 5.41) is 3.31. The van der Waals surface area contributed by atoms with Crippen LogP contribution in [0.2, 0.25) is 0 Å². The van der Waals surface area contributed by atoms with Crippen LogP contribution in [0.3, 0.4) is 0 Å². The van der Waals surface area contributed by atoms with Gasteiger partial charge in [-0.1, -0.05) is 18.7 Å². The molecule has 0 atom stereocenters. The normalized spacial score (nSPS) is 17.3. The molecule has 1 N–H and O–H groups in total. The molecule has 2 rings (SSSR count). The highest BCUT2D eigenvalue weighted by Crippen LogP contribution is 2.14. The quantitative estimate of drug-likeness (QED) is 0.834. The maximum Gasteiger partial charge on any atom is 0.123 e. The molecule has 0 spiro atoms. The van der Waals surface area contributed by atoms with Gasteiger partial charge in [0, 0.05) is 32.7 Å². The maximum absolute atomic E-state index is 12.8. The van der Waals surface area contributed by atoms with Gasteiger partial charge in [0.2, 0.25) is 0 Å². The van der Waals surface area contributed by atoms with Crippen molar-refractivity contribution >= 4 is 5.57 Å². The molecule has 0 radical (unpaired) electrons. The molecule has 0 aliphatic carbocycles. The second-order valence-electron chi connectivity index (χ2n) is 4.14. The maximum atomic E-state index is 12.8. The third-order valence-electron chi connectivity index (χ3n) is 2.88. The largest absolute Gasteiger partial charge is 0.314 e. The summed E-state index contributed by atoms with van der Waals surface area (Å²) in [5.41, 5.74) is 2.09. The number of nitrogens with zero attached hydrogens (tertiary/aromatic N) is 1. The summed E-state index contributed by atoms with van der Waals surface area (Å²) in [5.74, 6) is -0.196. The smallest absolute Gasteiger partial charge is 0.123 e. The molecule has 1 saturated heterocycles. The summed E-state index contributed by atoms with van der Waals surface area (Å²) >= 11 is 0. The fraction of sp³-hybridized carbons (Fsp3) is 0.385. The molecule has 1 heterocycles. The molecular formula is C13H17FN2. The van der Waals surface area contributed by atoms with E-state index in [1.165, 1.54) is 12.1 Å². The SMILES string of the molecule is C=C(CN1CCNCC1)c1ccc(F)cc1. The van der Waals surface area contributed by atoms with Gasteiger partial charge in [-0.05, 0) is 23.3 Å². The Hall–Kier alpha value is -1.19. The Morgan fingerprint density at radius 3 is 2.50 bits per heavy atom. The van der Waals surface area contributed by atoms with Crippen LogP contribution >= 0.6 is 0 Å². The fourth-order valence-corrected chi connectivity index (χ4v) is 1.92. The molecule has 0 aromatic heterocycles. The van der Waals surface area contributed by atoms with Crippen LogP contribution in [0.4, 0.5) is 4.39 Å². The van der Waals surface area contributed by atoms with E-state index in [4.69, 9.17) is 0 Å². The van der Waals surface area contributed by atoms with Crippen molar-refractivity contribution in [2.45, 2.75) is 0 Å². The molecule has 0 unspecified atom stereocenters. The molecule has 86 valence electrons. The van der Waals surface area contributed by atoms with Crippen LogP contribution in [-0.4, -0.2) is 37.6 Å². The Balaban J connectivity index is 1.94. The van der Waals surface area contributed by atoms with Crippen LogP contribution in [0.25, 0.3) is 5.57 Å². The van der Waals surface area contributed by atoms with Crippen LogP contribution in [0, 0.1) is 5.82 Å². The summed E-state index contributed by atoms with van der Waals surface area (Å²) < 4.78 is 12.8. The zero-order valence-electron chi connectivity index (χ0n) is 9.38.